The molecule has 3 atom stereocenters. The summed E-state index contributed by atoms with van der Waals surface area (Å²) < 4.78 is 5.54. The molecule has 9 heteroatoms. The number of nitrogens with zero attached hydrogens (tertiary/aromatic N) is 2. The number of hydrogen-bond donors (Lipinski definition) is 3. The molecule has 0 unspecified atom stereocenters. The number of benzene rings is 1. The maximum absolute atomic E-state index is 14.0. The Bertz CT molecular complexity index is 1270. The molecule has 0 radical (unpaired) electrons. The Hall–Kier alpha value is -2.94. The summed E-state index contributed by atoms with van der Waals surface area (Å²) in [5.74, 6) is -0.132. The number of pyridine rings is 1. The van der Waals surface area contributed by atoms with Gasteiger partial charge in [0.1, 0.15) is 6.04 Å². The van der Waals surface area contributed by atoms with Crippen LogP contribution in [0.25, 0.3) is 22.2 Å². The number of amides is 2. The van der Waals surface area contributed by atoms with Crippen molar-refractivity contribution in [1.82, 2.24) is 25.5 Å². The molecule has 2 aromatic heterocycles. The molecular weight excluding hydrogens is 490 g/mol. The van der Waals surface area contributed by atoms with Gasteiger partial charge in [0.25, 0.3) is 0 Å². The smallest absolute Gasteiger partial charge is 0.246 e. The van der Waals surface area contributed by atoms with E-state index >= 15 is 0 Å². The van der Waals surface area contributed by atoms with Gasteiger partial charge in [0.05, 0.1) is 28.3 Å². The van der Waals surface area contributed by atoms with Crippen LogP contribution >= 0.6 is 11.6 Å². The number of likely N-dealkylation sites (N-methyl/N-ethyl adjacent to an activating group) is 1. The predicted molar refractivity (Wildman–Crippen MR) is 144 cm³/mol. The predicted octanol–water partition coefficient (Wildman–Crippen LogP) is 4.07. The number of carbonyl (C=O) groups excluding carboxylic acids is 2. The fourth-order valence-corrected chi connectivity index (χ4v) is 5.71. The molecule has 5 rings (SSSR count). The van der Waals surface area contributed by atoms with Crippen molar-refractivity contribution in [2.75, 3.05) is 26.8 Å². The van der Waals surface area contributed by atoms with E-state index in [4.69, 9.17) is 16.3 Å². The number of H-pyrrole nitrogens is 1. The molecular formula is C28H34ClN5O3. The Morgan fingerprint density at radius 3 is 2.73 bits per heavy atom. The number of rotatable bonds is 7. The lowest BCUT2D eigenvalue weighted by molar-refractivity contribution is -0.140. The fraction of sp³-hybridized carbons (Fsp3) is 0.464. The molecule has 2 amide bonds. The third kappa shape index (κ3) is 5.23. The minimum atomic E-state index is -0.572. The van der Waals surface area contributed by atoms with Gasteiger partial charge in [-0.2, -0.15) is 0 Å². The average molecular weight is 524 g/mol. The van der Waals surface area contributed by atoms with Crippen molar-refractivity contribution in [3.63, 3.8) is 0 Å². The molecule has 37 heavy (non-hydrogen) atoms. The molecule has 0 bridgehead atoms. The zero-order valence-electron chi connectivity index (χ0n) is 21.3. The Balaban J connectivity index is 1.45. The number of ether oxygens (including phenoxy) is 1. The molecule has 2 aliphatic heterocycles. The van der Waals surface area contributed by atoms with Gasteiger partial charge in [-0.15, -0.1) is 0 Å². The normalized spacial score (nSPS) is 20.2. The molecule has 0 aliphatic carbocycles. The van der Waals surface area contributed by atoms with E-state index in [1.807, 2.05) is 35.2 Å². The Labute approximate surface area is 222 Å². The molecule has 0 spiro atoms. The first-order chi connectivity index (χ1) is 18.0. The zero-order chi connectivity index (χ0) is 25.9. The molecule has 2 aliphatic rings. The van der Waals surface area contributed by atoms with Crippen molar-refractivity contribution < 1.29 is 14.3 Å². The fourth-order valence-electron chi connectivity index (χ4n) is 5.49. The monoisotopic (exact) mass is 523 g/mol. The van der Waals surface area contributed by atoms with Gasteiger partial charge >= 0.3 is 0 Å². The van der Waals surface area contributed by atoms with Gasteiger partial charge in [0.2, 0.25) is 11.8 Å². The van der Waals surface area contributed by atoms with Crippen molar-refractivity contribution in [1.29, 1.82) is 0 Å². The summed E-state index contributed by atoms with van der Waals surface area (Å²) in [6.45, 7) is 3.67. The molecule has 2 saturated heterocycles. The van der Waals surface area contributed by atoms with Crippen molar-refractivity contribution in [2.45, 2.75) is 50.7 Å². The molecule has 196 valence electrons. The highest BCUT2D eigenvalue weighted by Gasteiger charge is 2.39. The lowest BCUT2D eigenvalue weighted by Crippen LogP contribution is -2.56. The van der Waals surface area contributed by atoms with Crippen molar-refractivity contribution in [2.24, 2.45) is 5.92 Å². The van der Waals surface area contributed by atoms with Gasteiger partial charge in [-0.05, 0) is 63.8 Å². The standard InChI is InChI=1S/C28H34ClN5O3/c1-17(30-2)27(35)33-25(18-10-14-37-15-11-18)28(36)34-13-5-8-23(34)22-16-19-9-12-31-26(24(19)32-22)20-6-3-4-7-21(20)29/h3-4,6-7,9,12,16-18,23,25,30,32H,5,8,10-11,13-15H2,1-2H3,(H,33,35)/t17-,23+,25-/m0/s1. The number of fused-ring (bicyclic) bond motifs is 1. The van der Waals surface area contributed by atoms with Gasteiger partial charge in [0, 0.05) is 42.6 Å². The third-order valence-corrected chi connectivity index (χ3v) is 8.04. The van der Waals surface area contributed by atoms with Gasteiger partial charge in [0.15, 0.2) is 0 Å². The van der Waals surface area contributed by atoms with E-state index in [-0.39, 0.29) is 29.8 Å². The highest BCUT2D eigenvalue weighted by atomic mass is 35.5. The lowest BCUT2D eigenvalue weighted by Gasteiger charge is -2.35. The van der Waals surface area contributed by atoms with E-state index in [0.717, 1.165) is 53.5 Å². The zero-order valence-corrected chi connectivity index (χ0v) is 22.1. The summed E-state index contributed by atoms with van der Waals surface area (Å²) in [5.41, 5.74) is 3.53. The highest BCUT2D eigenvalue weighted by Crippen LogP contribution is 2.37. The molecule has 2 fully saturated rings. The van der Waals surface area contributed by atoms with Crippen LogP contribution in [0.3, 0.4) is 0 Å². The van der Waals surface area contributed by atoms with Crippen LogP contribution in [-0.2, 0) is 14.3 Å². The van der Waals surface area contributed by atoms with Crippen LogP contribution in [0.4, 0.5) is 0 Å². The minimum absolute atomic E-state index is 0.0193. The molecule has 4 heterocycles. The van der Waals surface area contributed by atoms with Crippen LogP contribution in [0.5, 0.6) is 0 Å². The van der Waals surface area contributed by atoms with E-state index in [1.165, 1.54) is 0 Å². The summed E-state index contributed by atoms with van der Waals surface area (Å²) in [6.07, 6.45) is 5.05. The van der Waals surface area contributed by atoms with Crippen LogP contribution in [0.1, 0.15) is 44.3 Å². The average Bonchev–Trinajstić information content (AvgIpc) is 3.59. The van der Waals surface area contributed by atoms with Gasteiger partial charge in [-0.1, -0.05) is 29.8 Å². The summed E-state index contributed by atoms with van der Waals surface area (Å²) in [5, 5.41) is 7.70. The van der Waals surface area contributed by atoms with Crippen LogP contribution in [0.2, 0.25) is 5.02 Å². The first-order valence-electron chi connectivity index (χ1n) is 13.1. The SMILES string of the molecule is CN[C@@H](C)C(=O)N[C@H](C(=O)N1CCC[C@@H]1c1cc2ccnc(-c3ccccc3Cl)c2[nH]1)C1CCOCC1. The van der Waals surface area contributed by atoms with Crippen molar-refractivity contribution >= 4 is 34.3 Å². The summed E-state index contributed by atoms with van der Waals surface area (Å²) in [6, 6.07) is 10.7. The Morgan fingerprint density at radius 2 is 1.97 bits per heavy atom. The second kappa shape index (κ2) is 11.2. The highest BCUT2D eigenvalue weighted by molar-refractivity contribution is 6.33. The van der Waals surface area contributed by atoms with E-state index in [1.54, 1.807) is 20.2 Å². The molecule has 3 aromatic rings. The van der Waals surface area contributed by atoms with Crippen molar-refractivity contribution in [3.8, 4) is 11.3 Å². The molecule has 8 nitrogen and oxygen atoms in total. The van der Waals surface area contributed by atoms with Crippen molar-refractivity contribution in [3.05, 3.63) is 53.3 Å². The first kappa shape index (κ1) is 25.7. The van der Waals surface area contributed by atoms with E-state index < -0.39 is 6.04 Å². The Kier molecular flexibility index (Phi) is 7.79. The van der Waals surface area contributed by atoms with Crippen LogP contribution in [0, 0.1) is 5.92 Å². The van der Waals surface area contributed by atoms with Gasteiger partial charge in [-0.25, -0.2) is 0 Å². The third-order valence-electron chi connectivity index (χ3n) is 7.71. The molecule has 0 saturated carbocycles. The lowest BCUT2D eigenvalue weighted by atomic mass is 9.90. The van der Waals surface area contributed by atoms with Gasteiger partial charge in [-0.3, -0.25) is 14.6 Å². The van der Waals surface area contributed by atoms with E-state index in [9.17, 15) is 9.59 Å². The van der Waals surface area contributed by atoms with Crippen LogP contribution in [-0.4, -0.2) is 65.6 Å². The van der Waals surface area contributed by atoms with E-state index in [0.29, 0.717) is 24.8 Å². The minimum Gasteiger partial charge on any atom is -0.381 e. The number of aromatic nitrogens is 2. The van der Waals surface area contributed by atoms with Gasteiger partial charge < -0.3 is 25.3 Å². The second-order valence-corrected chi connectivity index (χ2v) is 10.4. The van der Waals surface area contributed by atoms with Crippen LogP contribution < -0.4 is 10.6 Å². The molecule has 1 aromatic carbocycles. The maximum atomic E-state index is 14.0. The number of nitrogens with one attached hydrogen (secondary N) is 3. The second-order valence-electron chi connectivity index (χ2n) is 9.96. The van der Waals surface area contributed by atoms with E-state index in [2.05, 4.69) is 26.7 Å². The van der Waals surface area contributed by atoms with Crippen LogP contribution in [0.15, 0.2) is 42.6 Å². The number of aromatic amines is 1. The maximum Gasteiger partial charge on any atom is 0.246 e. The number of carbonyl (C=O) groups is 2. The summed E-state index contributed by atoms with van der Waals surface area (Å²) >= 11 is 6.49. The first-order valence-corrected chi connectivity index (χ1v) is 13.4. The number of halogens is 1. The molecule has 3 N–H and O–H groups in total. The number of likely N-dealkylation sites (tertiary alicyclic amines) is 1. The quantitative estimate of drug-likeness (QED) is 0.433. The summed E-state index contributed by atoms with van der Waals surface area (Å²) in [7, 11) is 1.74. The summed E-state index contributed by atoms with van der Waals surface area (Å²) in [4.78, 5) is 37.0. The Morgan fingerprint density at radius 1 is 1.19 bits per heavy atom. The topological polar surface area (TPSA) is 99.4 Å². The largest absolute Gasteiger partial charge is 0.381 e. The number of hydrogen-bond acceptors (Lipinski definition) is 5.